The fourth-order valence-corrected chi connectivity index (χ4v) is 5.78. The number of hydrogen-bond acceptors (Lipinski definition) is 5. The van der Waals surface area contributed by atoms with E-state index in [9.17, 15) is 27.2 Å². The van der Waals surface area contributed by atoms with E-state index in [1.54, 1.807) is 11.3 Å². The Balaban J connectivity index is 1.28. The lowest BCUT2D eigenvalue weighted by atomic mass is 10.1. The minimum absolute atomic E-state index is 0.0903. The minimum Gasteiger partial charge on any atom is -0.352 e. The largest absolute Gasteiger partial charge is 0.416 e. The predicted molar refractivity (Wildman–Crippen MR) is 116 cm³/mol. The molecule has 0 atom stereocenters. The van der Waals surface area contributed by atoms with Crippen molar-refractivity contribution < 1.29 is 22.4 Å². The van der Waals surface area contributed by atoms with Crippen LogP contribution in [0.3, 0.4) is 0 Å². The van der Waals surface area contributed by atoms with Crippen LogP contribution < -0.4 is 10.9 Å². The molecule has 0 bridgehead atoms. The number of thioether (sulfide) groups is 1. The molecule has 4 rings (SSSR count). The Morgan fingerprint density at radius 1 is 1.28 bits per heavy atom. The molecule has 2 aromatic heterocycles. The number of alkyl halides is 3. The van der Waals surface area contributed by atoms with Crippen LogP contribution in [0.5, 0.6) is 0 Å². The second-order valence-corrected chi connectivity index (χ2v) is 9.62. The normalized spacial score (nSPS) is 13.5. The highest BCUT2D eigenvalue weighted by Gasteiger charge is 2.33. The van der Waals surface area contributed by atoms with E-state index in [-0.39, 0.29) is 24.1 Å². The van der Waals surface area contributed by atoms with Gasteiger partial charge in [-0.25, -0.2) is 9.37 Å². The van der Waals surface area contributed by atoms with Gasteiger partial charge in [-0.05, 0) is 42.5 Å². The zero-order valence-electron chi connectivity index (χ0n) is 16.8. The Morgan fingerprint density at radius 3 is 2.88 bits per heavy atom. The minimum atomic E-state index is -4.70. The summed E-state index contributed by atoms with van der Waals surface area (Å²) in [5.41, 5.74) is -0.318. The summed E-state index contributed by atoms with van der Waals surface area (Å²) < 4.78 is 52.2. The van der Waals surface area contributed by atoms with Gasteiger partial charge in [-0.3, -0.25) is 9.59 Å². The Kier molecular flexibility index (Phi) is 6.57. The maximum Gasteiger partial charge on any atom is 0.416 e. The van der Waals surface area contributed by atoms with Crippen molar-refractivity contribution >= 4 is 39.2 Å². The monoisotopic (exact) mass is 485 g/mol. The number of nitrogens with one attached hydrogen (secondary N) is 2. The van der Waals surface area contributed by atoms with E-state index in [1.165, 1.54) is 16.6 Å². The number of fused-ring (bicyclic) bond motifs is 3. The van der Waals surface area contributed by atoms with Crippen LogP contribution in [0.15, 0.2) is 23.0 Å². The maximum absolute atomic E-state index is 13.2. The number of carbonyl (C=O) groups excluding carboxylic acids is 1. The molecule has 0 saturated heterocycles. The molecule has 1 amide bonds. The molecule has 1 aliphatic rings. The molecule has 5 nitrogen and oxygen atoms in total. The van der Waals surface area contributed by atoms with Crippen LogP contribution in [0, 0.1) is 5.82 Å². The topological polar surface area (TPSA) is 74.8 Å². The lowest BCUT2D eigenvalue weighted by Crippen LogP contribution is -2.25. The van der Waals surface area contributed by atoms with E-state index < -0.39 is 23.5 Å². The summed E-state index contributed by atoms with van der Waals surface area (Å²) >= 11 is 2.95. The molecule has 11 heteroatoms. The first kappa shape index (κ1) is 22.8. The van der Waals surface area contributed by atoms with Gasteiger partial charge in [0.25, 0.3) is 5.56 Å². The van der Waals surface area contributed by atoms with Crippen LogP contribution in [-0.2, 0) is 36.1 Å². The van der Waals surface area contributed by atoms with Crippen LogP contribution in [-0.4, -0.2) is 21.6 Å². The van der Waals surface area contributed by atoms with Gasteiger partial charge in [-0.1, -0.05) is 6.07 Å². The van der Waals surface area contributed by atoms with Gasteiger partial charge in [0.1, 0.15) is 16.5 Å². The summed E-state index contributed by atoms with van der Waals surface area (Å²) in [6.07, 6.45) is -1.66. The van der Waals surface area contributed by atoms with Crippen molar-refractivity contribution in [3.05, 3.63) is 61.8 Å². The van der Waals surface area contributed by atoms with E-state index in [4.69, 9.17) is 0 Å². The summed E-state index contributed by atoms with van der Waals surface area (Å²) in [6, 6.07) is 2.37. The third kappa shape index (κ3) is 4.98. The van der Waals surface area contributed by atoms with E-state index in [1.807, 2.05) is 0 Å². The van der Waals surface area contributed by atoms with Crippen LogP contribution in [0.1, 0.15) is 40.2 Å². The maximum atomic E-state index is 13.2. The zero-order chi connectivity index (χ0) is 22.9. The molecule has 0 unspecified atom stereocenters. The first-order chi connectivity index (χ1) is 15.2. The highest BCUT2D eigenvalue weighted by molar-refractivity contribution is 7.98. The second-order valence-electron chi connectivity index (χ2n) is 7.43. The van der Waals surface area contributed by atoms with E-state index >= 15 is 0 Å². The zero-order valence-corrected chi connectivity index (χ0v) is 18.4. The Bertz CT molecular complexity index is 1220. The molecule has 170 valence electrons. The van der Waals surface area contributed by atoms with Crippen LogP contribution in [0.2, 0.25) is 0 Å². The van der Waals surface area contributed by atoms with Gasteiger partial charge >= 0.3 is 6.18 Å². The number of H-pyrrole nitrogens is 1. The average molecular weight is 486 g/mol. The number of aromatic nitrogens is 2. The number of benzene rings is 1. The first-order valence-electron chi connectivity index (χ1n) is 9.96. The van der Waals surface area contributed by atoms with Crippen molar-refractivity contribution in [1.29, 1.82) is 0 Å². The van der Waals surface area contributed by atoms with Crippen molar-refractivity contribution in [2.75, 3.05) is 5.75 Å². The van der Waals surface area contributed by atoms with E-state index in [2.05, 4.69) is 15.3 Å². The Morgan fingerprint density at radius 2 is 2.09 bits per heavy atom. The molecule has 0 saturated carbocycles. The van der Waals surface area contributed by atoms with Gasteiger partial charge in [0, 0.05) is 23.6 Å². The molecule has 0 aliphatic heterocycles. The summed E-state index contributed by atoms with van der Waals surface area (Å²) in [5, 5.41) is 3.13. The number of aromatic amines is 1. The van der Waals surface area contributed by atoms with Gasteiger partial charge in [0.2, 0.25) is 5.91 Å². The number of amides is 1. The lowest BCUT2D eigenvalue weighted by Gasteiger charge is -2.13. The number of carbonyl (C=O) groups is 1. The van der Waals surface area contributed by atoms with Crippen molar-refractivity contribution in [1.82, 2.24) is 15.3 Å². The predicted octanol–water partition coefficient (Wildman–Crippen LogP) is 4.57. The van der Waals surface area contributed by atoms with Gasteiger partial charge in [0.05, 0.1) is 16.7 Å². The van der Waals surface area contributed by atoms with Gasteiger partial charge < -0.3 is 10.3 Å². The number of nitrogens with zero attached hydrogens (tertiary/aromatic N) is 1. The van der Waals surface area contributed by atoms with Crippen LogP contribution in [0.25, 0.3) is 10.2 Å². The van der Waals surface area contributed by atoms with Crippen LogP contribution in [0.4, 0.5) is 17.6 Å². The van der Waals surface area contributed by atoms with E-state index in [0.717, 1.165) is 41.8 Å². The SMILES string of the molecule is O=C(CCSCc1nc2sc3c(c2c(=O)[nH]1)CCC3)NCc1ccc(F)cc1C(F)(F)F. The molecular weight excluding hydrogens is 466 g/mol. The molecule has 1 aromatic carbocycles. The molecule has 0 spiro atoms. The molecular formula is C21H19F4N3O2S2. The standard InChI is InChI=1S/C21H19F4N3O2S2/c22-12-5-4-11(14(8-12)21(23,24)25)9-26-17(29)6-7-31-10-16-27-19(30)18-13-2-1-3-15(13)32-20(18)28-16/h4-5,8H,1-3,6-7,9-10H2,(H,26,29)(H,27,28,30). The summed E-state index contributed by atoms with van der Waals surface area (Å²) in [7, 11) is 0. The summed E-state index contributed by atoms with van der Waals surface area (Å²) in [4.78, 5) is 33.8. The molecule has 2 heterocycles. The Labute approximate surface area is 188 Å². The fraction of sp³-hybridized carbons (Fsp3) is 0.381. The summed E-state index contributed by atoms with van der Waals surface area (Å²) in [5.74, 6) is -0.0438. The quantitative estimate of drug-likeness (QED) is 0.380. The third-order valence-corrected chi connectivity index (χ3v) is 7.35. The van der Waals surface area contributed by atoms with Gasteiger partial charge in [-0.2, -0.15) is 24.9 Å². The average Bonchev–Trinajstić information content (AvgIpc) is 3.30. The second kappa shape index (κ2) is 9.22. The van der Waals surface area contributed by atoms with Gasteiger partial charge in [-0.15, -0.1) is 11.3 Å². The third-order valence-electron chi connectivity index (χ3n) is 5.19. The number of aryl methyl sites for hydroxylation is 2. The summed E-state index contributed by atoms with van der Waals surface area (Å²) in [6.45, 7) is -0.340. The number of thiophene rings is 1. The number of rotatable bonds is 7. The number of halogens is 4. The molecule has 2 N–H and O–H groups in total. The highest BCUT2D eigenvalue weighted by Crippen LogP contribution is 2.35. The van der Waals surface area contributed by atoms with Crippen molar-refractivity contribution in [3.8, 4) is 0 Å². The molecule has 3 aromatic rings. The molecule has 0 radical (unpaired) electrons. The lowest BCUT2D eigenvalue weighted by molar-refractivity contribution is -0.138. The molecule has 1 aliphatic carbocycles. The van der Waals surface area contributed by atoms with Gasteiger partial charge in [0.15, 0.2) is 0 Å². The smallest absolute Gasteiger partial charge is 0.352 e. The fourth-order valence-electron chi connectivity index (χ4n) is 3.70. The first-order valence-corrected chi connectivity index (χ1v) is 11.9. The van der Waals surface area contributed by atoms with Crippen LogP contribution >= 0.6 is 23.1 Å². The Hall–Kier alpha value is -2.40. The highest BCUT2D eigenvalue weighted by atomic mass is 32.2. The molecule has 32 heavy (non-hydrogen) atoms. The van der Waals surface area contributed by atoms with Crippen molar-refractivity contribution in [2.24, 2.45) is 0 Å². The van der Waals surface area contributed by atoms with E-state index in [0.29, 0.717) is 28.8 Å². The van der Waals surface area contributed by atoms with Crippen molar-refractivity contribution in [2.45, 2.75) is 44.2 Å². The number of hydrogen-bond donors (Lipinski definition) is 2. The molecule has 0 fully saturated rings. The van der Waals surface area contributed by atoms with Crippen molar-refractivity contribution in [3.63, 3.8) is 0 Å².